The summed E-state index contributed by atoms with van der Waals surface area (Å²) < 4.78 is 5.12. The fourth-order valence-corrected chi connectivity index (χ4v) is 3.26. The SMILES string of the molecule is COCCN1CCN(C(=O)C2(N)CCCC2)CC1C. The lowest BCUT2D eigenvalue weighted by atomic mass is 9.96. The molecule has 0 aromatic carbocycles. The number of nitrogens with zero attached hydrogens (tertiary/aromatic N) is 2. The molecule has 1 atom stereocenters. The van der Waals surface area contributed by atoms with E-state index in [1.54, 1.807) is 7.11 Å². The number of hydrogen-bond acceptors (Lipinski definition) is 4. The van der Waals surface area contributed by atoms with Gasteiger partial charge in [0.25, 0.3) is 0 Å². The van der Waals surface area contributed by atoms with E-state index in [-0.39, 0.29) is 5.91 Å². The number of amides is 1. The summed E-state index contributed by atoms with van der Waals surface area (Å²) in [6.07, 6.45) is 3.88. The molecule has 1 aliphatic heterocycles. The smallest absolute Gasteiger partial charge is 0.242 e. The molecule has 1 aliphatic carbocycles. The molecule has 0 spiro atoms. The van der Waals surface area contributed by atoms with Crippen molar-refractivity contribution in [3.05, 3.63) is 0 Å². The lowest BCUT2D eigenvalue weighted by molar-refractivity contribution is -0.139. The second kappa shape index (κ2) is 6.20. The van der Waals surface area contributed by atoms with Gasteiger partial charge >= 0.3 is 0 Å². The zero-order chi connectivity index (χ0) is 13.9. The zero-order valence-corrected chi connectivity index (χ0v) is 12.2. The van der Waals surface area contributed by atoms with Crippen LogP contribution < -0.4 is 5.73 Å². The first kappa shape index (κ1) is 14.8. The number of nitrogens with two attached hydrogens (primary N) is 1. The minimum Gasteiger partial charge on any atom is -0.383 e. The Kier molecular flexibility index (Phi) is 4.81. The van der Waals surface area contributed by atoms with Gasteiger partial charge in [-0.1, -0.05) is 12.8 Å². The highest BCUT2D eigenvalue weighted by atomic mass is 16.5. The van der Waals surface area contributed by atoms with Gasteiger partial charge in [-0.25, -0.2) is 0 Å². The second-order valence-corrected chi connectivity index (χ2v) is 5.99. The third kappa shape index (κ3) is 3.27. The highest BCUT2D eigenvalue weighted by molar-refractivity contribution is 5.86. The Morgan fingerprint density at radius 2 is 2.05 bits per heavy atom. The number of carbonyl (C=O) groups is 1. The average molecular weight is 269 g/mol. The molecule has 1 heterocycles. The van der Waals surface area contributed by atoms with Crippen LogP contribution in [0.1, 0.15) is 32.6 Å². The maximum Gasteiger partial charge on any atom is 0.242 e. The number of ether oxygens (including phenoxy) is 1. The minimum atomic E-state index is -0.575. The van der Waals surface area contributed by atoms with Crippen LogP contribution in [0.4, 0.5) is 0 Å². The molecule has 1 saturated carbocycles. The summed E-state index contributed by atoms with van der Waals surface area (Å²) in [5, 5.41) is 0. The van der Waals surface area contributed by atoms with Crippen LogP contribution in [0.15, 0.2) is 0 Å². The maximum absolute atomic E-state index is 12.5. The number of carbonyl (C=O) groups excluding carboxylic acids is 1. The van der Waals surface area contributed by atoms with E-state index in [0.29, 0.717) is 6.04 Å². The molecule has 1 amide bonds. The number of hydrogen-bond donors (Lipinski definition) is 1. The van der Waals surface area contributed by atoms with Gasteiger partial charge in [0.2, 0.25) is 5.91 Å². The van der Waals surface area contributed by atoms with Crippen LogP contribution in [0, 0.1) is 0 Å². The summed E-state index contributed by atoms with van der Waals surface area (Å²) in [6, 6.07) is 0.387. The molecule has 19 heavy (non-hydrogen) atoms. The van der Waals surface area contributed by atoms with Crippen LogP contribution in [0.2, 0.25) is 0 Å². The van der Waals surface area contributed by atoms with E-state index in [1.807, 2.05) is 4.90 Å². The largest absolute Gasteiger partial charge is 0.383 e. The van der Waals surface area contributed by atoms with Crippen molar-refractivity contribution in [1.82, 2.24) is 9.80 Å². The summed E-state index contributed by atoms with van der Waals surface area (Å²) in [5.41, 5.74) is 5.69. The van der Waals surface area contributed by atoms with Gasteiger partial charge in [0.05, 0.1) is 12.1 Å². The first-order valence-corrected chi connectivity index (χ1v) is 7.38. The average Bonchev–Trinajstić information content (AvgIpc) is 2.84. The summed E-state index contributed by atoms with van der Waals surface area (Å²) >= 11 is 0. The lowest BCUT2D eigenvalue weighted by Crippen LogP contribution is -2.60. The molecule has 5 nitrogen and oxygen atoms in total. The van der Waals surface area contributed by atoms with Gasteiger partial charge in [0.1, 0.15) is 0 Å². The van der Waals surface area contributed by atoms with Crippen LogP contribution in [-0.4, -0.2) is 67.2 Å². The predicted octanol–water partition coefficient (Wildman–Crippen LogP) is 0.437. The van der Waals surface area contributed by atoms with E-state index < -0.39 is 5.54 Å². The van der Waals surface area contributed by atoms with Crippen molar-refractivity contribution in [3.8, 4) is 0 Å². The molecule has 2 fully saturated rings. The molecule has 2 aliphatic rings. The van der Waals surface area contributed by atoms with Crippen molar-refractivity contribution < 1.29 is 9.53 Å². The molecule has 0 radical (unpaired) electrons. The topological polar surface area (TPSA) is 58.8 Å². The fraction of sp³-hybridized carbons (Fsp3) is 0.929. The van der Waals surface area contributed by atoms with Gasteiger partial charge < -0.3 is 15.4 Å². The van der Waals surface area contributed by atoms with Gasteiger partial charge in [-0.2, -0.15) is 0 Å². The number of rotatable bonds is 4. The molecule has 110 valence electrons. The summed E-state index contributed by atoms with van der Waals surface area (Å²) in [4.78, 5) is 16.9. The number of piperazine rings is 1. The van der Waals surface area contributed by atoms with E-state index in [1.165, 1.54) is 0 Å². The van der Waals surface area contributed by atoms with Gasteiger partial charge in [-0.05, 0) is 19.8 Å². The van der Waals surface area contributed by atoms with Gasteiger partial charge in [-0.3, -0.25) is 9.69 Å². The Balaban J connectivity index is 1.89. The Labute approximate surface area is 116 Å². The normalized spacial score (nSPS) is 27.7. The molecule has 1 unspecified atom stereocenters. The molecule has 2 rings (SSSR count). The third-order valence-corrected chi connectivity index (χ3v) is 4.56. The van der Waals surface area contributed by atoms with Crippen LogP contribution in [-0.2, 0) is 9.53 Å². The fourth-order valence-electron chi connectivity index (χ4n) is 3.26. The zero-order valence-electron chi connectivity index (χ0n) is 12.2. The van der Waals surface area contributed by atoms with Crippen molar-refractivity contribution in [1.29, 1.82) is 0 Å². The Morgan fingerprint density at radius 3 is 2.63 bits per heavy atom. The molecule has 0 aromatic rings. The Hall–Kier alpha value is -0.650. The van der Waals surface area contributed by atoms with E-state index in [0.717, 1.165) is 58.5 Å². The first-order valence-electron chi connectivity index (χ1n) is 7.38. The second-order valence-electron chi connectivity index (χ2n) is 5.99. The molecular weight excluding hydrogens is 242 g/mol. The van der Waals surface area contributed by atoms with E-state index in [9.17, 15) is 4.79 Å². The standard InChI is InChI=1S/C14H27N3O2/c1-12-11-17(8-7-16(12)9-10-19-2)13(18)14(15)5-3-4-6-14/h12H,3-11,15H2,1-2H3. The minimum absolute atomic E-state index is 0.170. The van der Waals surface area contributed by atoms with E-state index >= 15 is 0 Å². The van der Waals surface area contributed by atoms with Crippen LogP contribution in [0.25, 0.3) is 0 Å². The first-order chi connectivity index (χ1) is 9.07. The van der Waals surface area contributed by atoms with Crippen molar-refractivity contribution >= 4 is 5.91 Å². The molecule has 5 heteroatoms. The highest BCUT2D eigenvalue weighted by Crippen LogP contribution is 2.29. The van der Waals surface area contributed by atoms with Gasteiger partial charge in [0, 0.05) is 39.3 Å². The van der Waals surface area contributed by atoms with Gasteiger partial charge in [-0.15, -0.1) is 0 Å². The van der Waals surface area contributed by atoms with Crippen LogP contribution in [0.3, 0.4) is 0 Å². The molecular formula is C14H27N3O2. The van der Waals surface area contributed by atoms with Crippen molar-refractivity contribution in [3.63, 3.8) is 0 Å². The Morgan fingerprint density at radius 1 is 1.37 bits per heavy atom. The van der Waals surface area contributed by atoms with Crippen molar-refractivity contribution in [2.45, 2.75) is 44.2 Å². The van der Waals surface area contributed by atoms with E-state index in [4.69, 9.17) is 10.5 Å². The van der Waals surface area contributed by atoms with Crippen molar-refractivity contribution in [2.75, 3.05) is 39.9 Å². The number of methoxy groups -OCH3 is 1. The third-order valence-electron chi connectivity index (χ3n) is 4.56. The molecule has 0 aromatic heterocycles. The highest BCUT2D eigenvalue weighted by Gasteiger charge is 2.41. The molecule has 2 N–H and O–H groups in total. The Bertz CT molecular complexity index is 316. The van der Waals surface area contributed by atoms with Gasteiger partial charge in [0.15, 0.2) is 0 Å². The quantitative estimate of drug-likeness (QED) is 0.804. The summed E-state index contributed by atoms with van der Waals surface area (Å²) in [7, 11) is 1.72. The maximum atomic E-state index is 12.5. The predicted molar refractivity (Wildman–Crippen MR) is 74.9 cm³/mol. The van der Waals surface area contributed by atoms with Crippen molar-refractivity contribution in [2.24, 2.45) is 5.73 Å². The van der Waals surface area contributed by atoms with Crippen LogP contribution >= 0.6 is 0 Å². The summed E-state index contributed by atoms with van der Waals surface area (Å²) in [6.45, 7) is 6.37. The molecule has 0 bridgehead atoms. The van der Waals surface area contributed by atoms with E-state index in [2.05, 4.69) is 11.8 Å². The monoisotopic (exact) mass is 269 g/mol. The summed E-state index contributed by atoms with van der Waals surface area (Å²) in [5.74, 6) is 0.170. The van der Waals surface area contributed by atoms with Crippen LogP contribution in [0.5, 0.6) is 0 Å². The lowest BCUT2D eigenvalue weighted by Gasteiger charge is -2.42. The molecule has 1 saturated heterocycles.